The Labute approximate surface area is 134 Å². The topological polar surface area (TPSA) is 9.23 Å². The summed E-state index contributed by atoms with van der Waals surface area (Å²) in [5.41, 5.74) is 5.88. The Kier molecular flexibility index (Phi) is 5.11. The van der Waals surface area contributed by atoms with E-state index in [0.29, 0.717) is 12.5 Å². The van der Waals surface area contributed by atoms with Gasteiger partial charge in [0.15, 0.2) is 0 Å². The smallest absolute Gasteiger partial charge is 0.127 e. The first-order valence-electron chi connectivity index (χ1n) is 6.55. The molecule has 0 radical (unpaired) electrons. The van der Waals surface area contributed by atoms with Gasteiger partial charge in [0.1, 0.15) is 12.4 Å². The van der Waals surface area contributed by atoms with E-state index < -0.39 is 0 Å². The molecule has 0 N–H and O–H groups in total. The highest BCUT2D eigenvalue weighted by atomic mass is 79.9. The van der Waals surface area contributed by atoms with Crippen LogP contribution in [0.1, 0.15) is 27.8 Å². The first kappa shape index (κ1) is 15.4. The van der Waals surface area contributed by atoms with Crippen molar-refractivity contribution in [1.82, 2.24) is 0 Å². The maximum absolute atomic E-state index is 6.06. The SMILES string of the molecule is Cc1cccc(C)c1COc1c(C)cc(Br)cc1CCl. The van der Waals surface area contributed by atoms with Crippen molar-refractivity contribution in [2.24, 2.45) is 0 Å². The summed E-state index contributed by atoms with van der Waals surface area (Å²) in [7, 11) is 0. The van der Waals surface area contributed by atoms with E-state index in [0.717, 1.165) is 21.3 Å². The minimum absolute atomic E-state index is 0.447. The molecule has 0 amide bonds. The Morgan fingerprint density at radius 1 is 1.05 bits per heavy atom. The molecule has 20 heavy (non-hydrogen) atoms. The first-order valence-corrected chi connectivity index (χ1v) is 7.88. The second-order valence-electron chi connectivity index (χ2n) is 5.00. The molecular weight excluding hydrogens is 336 g/mol. The zero-order chi connectivity index (χ0) is 14.7. The molecule has 2 aromatic carbocycles. The van der Waals surface area contributed by atoms with Gasteiger partial charge in [0, 0.05) is 10.0 Å². The second-order valence-corrected chi connectivity index (χ2v) is 6.19. The number of benzene rings is 2. The highest BCUT2D eigenvalue weighted by Gasteiger charge is 2.10. The normalized spacial score (nSPS) is 10.7. The van der Waals surface area contributed by atoms with Crippen LogP contribution in [0.5, 0.6) is 5.75 Å². The molecule has 0 bridgehead atoms. The van der Waals surface area contributed by atoms with Gasteiger partial charge in [-0.15, -0.1) is 11.6 Å². The molecule has 0 atom stereocenters. The van der Waals surface area contributed by atoms with Gasteiger partial charge in [0.2, 0.25) is 0 Å². The minimum atomic E-state index is 0.447. The fraction of sp³-hybridized carbons (Fsp3) is 0.294. The Bertz CT molecular complexity index is 602. The van der Waals surface area contributed by atoms with Gasteiger partial charge in [-0.2, -0.15) is 0 Å². The monoisotopic (exact) mass is 352 g/mol. The third-order valence-electron chi connectivity index (χ3n) is 3.47. The summed E-state index contributed by atoms with van der Waals surface area (Å²) in [6.07, 6.45) is 0. The van der Waals surface area contributed by atoms with E-state index in [4.69, 9.17) is 16.3 Å². The lowest BCUT2D eigenvalue weighted by atomic mass is 10.0. The Balaban J connectivity index is 2.27. The van der Waals surface area contributed by atoms with Gasteiger partial charge in [-0.1, -0.05) is 34.1 Å². The molecule has 0 saturated carbocycles. The van der Waals surface area contributed by atoms with Crippen LogP contribution >= 0.6 is 27.5 Å². The van der Waals surface area contributed by atoms with Crippen LogP contribution in [0.2, 0.25) is 0 Å². The van der Waals surface area contributed by atoms with Crippen molar-refractivity contribution < 1.29 is 4.74 Å². The maximum Gasteiger partial charge on any atom is 0.127 e. The predicted octanol–water partition coefficient (Wildman–Crippen LogP) is 5.69. The van der Waals surface area contributed by atoms with Crippen molar-refractivity contribution in [3.63, 3.8) is 0 Å². The summed E-state index contributed by atoms with van der Waals surface area (Å²) in [5.74, 6) is 1.34. The van der Waals surface area contributed by atoms with Gasteiger partial charge >= 0.3 is 0 Å². The van der Waals surface area contributed by atoms with Crippen LogP contribution < -0.4 is 4.74 Å². The zero-order valence-corrected chi connectivity index (χ0v) is 14.3. The third kappa shape index (κ3) is 3.36. The molecule has 0 saturated heterocycles. The van der Waals surface area contributed by atoms with E-state index in [1.165, 1.54) is 16.7 Å². The van der Waals surface area contributed by atoms with Crippen molar-refractivity contribution >= 4 is 27.5 Å². The maximum atomic E-state index is 6.06. The van der Waals surface area contributed by atoms with Crippen molar-refractivity contribution in [3.05, 3.63) is 62.6 Å². The predicted molar refractivity (Wildman–Crippen MR) is 88.7 cm³/mol. The summed E-state index contributed by atoms with van der Waals surface area (Å²) in [4.78, 5) is 0. The van der Waals surface area contributed by atoms with E-state index in [2.05, 4.69) is 54.0 Å². The minimum Gasteiger partial charge on any atom is -0.488 e. The lowest BCUT2D eigenvalue weighted by molar-refractivity contribution is 0.300. The summed E-state index contributed by atoms with van der Waals surface area (Å²) in [6.45, 7) is 6.84. The third-order valence-corrected chi connectivity index (χ3v) is 4.21. The lowest BCUT2D eigenvalue weighted by Gasteiger charge is -2.16. The number of rotatable bonds is 4. The van der Waals surface area contributed by atoms with Gasteiger partial charge in [0.05, 0.1) is 5.88 Å². The van der Waals surface area contributed by atoms with Crippen molar-refractivity contribution in [1.29, 1.82) is 0 Å². The number of hydrogen-bond donors (Lipinski definition) is 0. The molecule has 2 aromatic rings. The average Bonchev–Trinajstić information content (AvgIpc) is 2.39. The summed E-state index contributed by atoms with van der Waals surface area (Å²) in [5, 5.41) is 0. The number of hydrogen-bond acceptors (Lipinski definition) is 1. The molecule has 0 aliphatic heterocycles. The Morgan fingerprint density at radius 3 is 2.30 bits per heavy atom. The van der Waals surface area contributed by atoms with Crippen molar-refractivity contribution in [3.8, 4) is 5.75 Å². The first-order chi connectivity index (χ1) is 9.52. The molecule has 0 aliphatic rings. The van der Waals surface area contributed by atoms with Gasteiger partial charge in [-0.25, -0.2) is 0 Å². The van der Waals surface area contributed by atoms with Crippen molar-refractivity contribution in [2.75, 3.05) is 0 Å². The molecule has 2 rings (SSSR count). The van der Waals surface area contributed by atoms with Gasteiger partial charge in [-0.05, 0) is 55.2 Å². The van der Waals surface area contributed by atoms with E-state index >= 15 is 0 Å². The molecule has 3 heteroatoms. The zero-order valence-electron chi connectivity index (χ0n) is 12.0. The highest BCUT2D eigenvalue weighted by molar-refractivity contribution is 9.10. The van der Waals surface area contributed by atoms with Crippen LogP contribution in [0.15, 0.2) is 34.8 Å². The molecule has 0 spiro atoms. The number of ether oxygens (including phenoxy) is 1. The fourth-order valence-electron chi connectivity index (χ4n) is 2.33. The molecule has 106 valence electrons. The molecule has 0 aliphatic carbocycles. The molecular formula is C17H18BrClO. The van der Waals surface area contributed by atoms with Crippen LogP contribution in [0, 0.1) is 20.8 Å². The number of alkyl halides is 1. The number of halogens is 2. The fourth-order valence-corrected chi connectivity index (χ4v) is 3.14. The Morgan fingerprint density at radius 2 is 1.70 bits per heavy atom. The largest absolute Gasteiger partial charge is 0.488 e. The van der Waals surface area contributed by atoms with Crippen molar-refractivity contribution in [2.45, 2.75) is 33.3 Å². The van der Waals surface area contributed by atoms with Crippen LogP contribution in [-0.2, 0) is 12.5 Å². The van der Waals surface area contributed by atoms with Gasteiger partial charge in [0.25, 0.3) is 0 Å². The van der Waals surface area contributed by atoms with E-state index in [1.807, 2.05) is 13.0 Å². The van der Waals surface area contributed by atoms with Crippen LogP contribution in [0.4, 0.5) is 0 Å². The van der Waals surface area contributed by atoms with Gasteiger partial charge in [-0.3, -0.25) is 0 Å². The van der Waals surface area contributed by atoms with Crippen LogP contribution in [0.25, 0.3) is 0 Å². The summed E-state index contributed by atoms with van der Waals surface area (Å²) in [6, 6.07) is 10.4. The molecule has 1 nitrogen and oxygen atoms in total. The van der Waals surface area contributed by atoms with E-state index in [1.54, 1.807) is 0 Å². The number of aryl methyl sites for hydroxylation is 3. The molecule has 0 unspecified atom stereocenters. The summed E-state index contributed by atoms with van der Waals surface area (Å²) >= 11 is 9.51. The Hall–Kier alpha value is -0.990. The second kappa shape index (κ2) is 6.64. The average molecular weight is 354 g/mol. The van der Waals surface area contributed by atoms with Gasteiger partial charge < -0.3 is 4.74 Å². The standard InChI is InChI=1S/C17H18BrClO/c1-11-5-4-6-12(2)16(11)10-20-17-13(3)7-15(18)8-14(17)9-19/h4-8H,9-10H2,1-3H3. The lowest BCUT2D eigenvalue weighted by Crippen LogP contribution is -2.03. The summed E-state index contributed by atoms with van der Waals surface area (Å²) < 4.78 is 7.09. The van der Waals surface area contributed by atoms with E-state index in [9.17, 15) is 0 Å². The molecule has 0 aromatic heterocycles. The highest BCUT2D eigenvalue weighted by Crippen LogP contribution is 2.30. The van der Waals surface area contributed by atoms with Crippen LogP contribution in [0.3, 0.4) is 0 Å². The quantitative estimate of drug-likeness (QED) is 0.641. The molecule has 0 fully saturated rings. The van der Waals surface area contributed by atoms with Crippen LogP contribution in [-0.4, -0.2) is 0 Å². The molecule has 0 heterocycles. The van der Waals surface area contributed by atoms with E-state index in [-0.39, 0.29) is 0 Å².